The molecule has 0 radical (unpaired) electrons. The number of piperidine rings is 1. The molecule has 3 aromatic heterocycles. The number of oxazole rings is 1. The predicted octanol–water partition coefficient (Wildman–Crippen LogP) is 4.30. The highest BCUT2D eigenvalue weighted by molar-refractivity contribution is 7.09. The number of carbonyl (C=O) groups excluding carboxylic acids is 1. The van der Waals surface area contributed by atoms with Crippen molar-refractivity contribution in [1.82, 2.24) is 9.88 Å². The lowest BCUT2D eigenvalue weighted by Gasteiger charge is -2.33. The zero-order valence-corrected chi connectivity index (χ0v) is 17.3. The van der Waals surface area contributed by atoms with E-state index in [1.54, 1.807) is 29.5 Å². The quantitative estimate of drug-likeness (QED) is 0.528. The van der Waals surface area contributed by atoms with Gasteiger partial charge in [-0.2, -0.15) is 10.2 Å². The van der Waals surface area contributed by atoms with Crippen LogP contribution in [-0.4, -0.2) is 35.4 Å². The first-order chi connectivity index (χ1) is 14.7. The summed E-state index contributed by atoms with van der Waals surface area (Å²) in [5.41, 5.74) is 0.233. The van der Waals surface area contributed by atoms with Crippen molar-refractivity contribution in [2.45, 2.75) is 19.4 Å². The monoisotopic (exact) mass is 422 g/mol. The second kappa shape index (κ2) is 9.01. The zero-order chi connectivity index (χ0) is 20.9. The van der Waals surface area contributed by atoms with Crippen LogP contribution in [0.4, 0.5) is 5.88 Å². The first-order valence-electron chi connectivity index (χ1n) is 9.81. The highest BCUT2D eigenvalue weighted by atomic mass is 32.1. The van der Waals surface area contributed by atoms with Crippen LogP contribution in [0, 0.1) is 17.2 Å². The zero-order valence-electron chi connectivity index (χ0n) is 16.5. The van der Waals surface area contributed by atoms with Gasteiger partial charge in [0.1, 0.15) is 6.07 Å². The van der Waals surface area contributed by atoms with Gasteiger partial charge in [0.15, 0.2) is 5.76 Å². The SMILES string of the molecule is C=CCN(Cc1cccs1)C(=O)C1CCN(c2oc(-c3ccco3)nc2C#N)CC1. The summed E-state index contributed by atoms with van der Waals surface area (Å²) in [5, 5.41) is 11.5. The van der Waals surface area contributed by atoms with E-state index >= 15 is 0 Å². The first-order valence-corrected chi connectivity index (χ1v) is 10.7. The molecule has 8 heteroatoms. The van der Waals surface area contributed by atoms with Crippen LogP contribution in [0.5, 0.6) is 0 Å². The van der Waals surface area contributed by atoms with Gasteiger partial charge >= 0.3 is 0 Å². The fourth-order valence-electron chi connectivity index (χ4n) is 3.67. The molecule has 0 bridgehead atoms. The standard InChI is InChI=1S/C22H22N4O3S/c1-2-9-26(15-17-5-4-13-30-17)21(27)16-7-10-25(11-8-16)22-18(14-23)24-20(29-22)19-6-3-12-28-19/h2-6,12-13,16H,1,7-11,15H2. The Labute approximate surface area is 178 Å². The minimum absolute atomic E-state index is 0.0563. The maximum atomic E-state index is 13.1. The molecular formula is C22H22N4O3S. The van der Waals surface area contributed by atoms with Crippen molar-refractivity contribution >= 4 is 23.1 Å². The van der Waals surface area contributed by atoms with Crippen LogP contribution >= 0.6 is 11.3 Å². The average Bonchev–Trinajstić information content (AvgIpc) is 3.54. The topological polar surface area (TPSA) is 86.5 Å². The summed E-state index contributed by atoms with van der Waals surface area (Å²) in [6, 6.07) is 9.62. The number of rotatable bonds is 7. The van der Waals surface area contributed by atoms with Gasteiger partial charge in [0.05, 0.1) is 12.8 Å². The van der Waals surface area contributed by atoms with Crippen LogP contribution in [-0.2, 0) is 11.3 Å². The molecule has 1 saturated heterocycles. The number of amides is 1. The largest absolute Gasteiger partial charge is 0.459 e. The van der Waals surface area contributed by atoms with E-state index in [1.165, 1.54) is 6.26 Å². The van der Waals surface area contributed by atoms with E-state index in [-0.39, 0.29) is 23.4 Å². The highest BCUT2D eigenvalue weighted by Gasteiger charge is 2.31. The lowest BCUT2D eigenvalue weighted by atomic mass is 9.95. The molecule has 3 aromatic rings. The summed E-state index contributed by atoms with van der Waals surface area (Å²) in [6.45, 7) is 6.18. The summed E-state index contributed by atoms with van der Waals surface area (Å²) in [6.07, 6.45) is 4.69. The van der Waals surface area contributed by atoms with Crippen molar-refractivity contribution in [3.8, 4) is 17.7 Å². The molecule has 0 unspecified atom stereocenters. The van der Waals surface area contributed by atoms with Crippen molar-refractivity contribution in [3.05, 3.63) is 59.1 Å². The fourth-order valence-corrected chi connectivity index (χ4v) is 4.39. The smallest absolute Gasteiger partial charge is 0.266 e. The molecule has 0 spiro atoms. The molecule has 0 aromatic carbocycles. The number of nitriles is 1. The van der Waals surface area contributed by atoms with Crippen molar-refractivity contribution < 1.29 is 13.6 Å². The van der Waals surface area contributed by atoms with E-state index < -0.39 is 0 Å². The third-order valence-corrected chi connectivity index (χ3v) is 6.03. The number of carbonyl (C=O) groups is 1. The van der Waals surface area contributed by atoms with Crippen molar-refractivity contribution in [3.63, 3.8) is 0 Å². The Bertz CT molecular complexity index is 1030. The summed E-state index contributed by atoms with van der Waals surface area (Å²) in [5.74, 6) is 1.31. The van der Waals surface area contributed by atoms with Gasteiger partial charge in [-0.15, -0.1) is 17.9 Å². The van der Waals surface area contributed by atoms with Crippen LogP contribution < -0.4 is 4.90 Å². The number of nitrogens with zero attached hydrogens (tertiary/aromatic N) is 4. The molecule has 0 saturated carbocycles. The maximum Gasteiger partial charge on any atom is 0.266 e. The summed E-state index contributed by atoms with van der Waals surface area (Å²) >= 11 is 1.65. The number of aromatic nitrogens is 1. The van der Waals surface area contributed by atoms with Crippen molar-refractivity contribution in [2.24, 2.45) is 5.92 Å². The molecule has 154 valence electrons. The molecule has 0 N–H and O–H groups in total. The molecule has 4 rings (SSSR count). The number of furan rings is 1. The number of hydrogen-bond acceptors (Lipinski definition) is 7. The Hall–Kier alpha value is -3.31. The third kappa shape index (κ3) is 4.16. The molecule has 4 heterocycles. The molecule has 0 atom stereocenters. The van der Waals surface area contributed by atoms with Gasteiger partial charge in [-0.05, 0) is 36.4 Å². The summed E-state index contributed by atoms with van der Waals surface area (Å²) in [4.78, 5) is 22.4. The van der Waals surface area contributed by atoms with Gasteiger partial charge in [0.25, 0.3) is 5.89 Å². The lowest BCUT2D eigenvalue weighted by Crippen LogP contribution is -2.42. The van der Waals surface area contributed by atoms with Crippen LogP contribution in [0.15, 0.2) is 57.4 Å². The molecular weight excluding hydrogens is 400 g/mol. The first kappa shape index (κ1) is 20.0. The fraction of sp³-hybridized carbons (Fsp3) is 0.318. The third-order valence-electron chi connectivity index (χ3n) is 5.17. The Morgan fingerprint density at radius 3 is 2.87 bits per heavy atom. The minimum Gasteiger partial charge on any atom is -0.459 e. The van der Waals surface area contributed by atoms with E-state index in [9.17, 15) is 10.1 Å². The maximum absolute atomic E-state index is 13.1. The Morgan fingerprint density at radius 2 is 2.23 bits per heavy atom. The van der Waals surface area contributed by atoms with Gasteiger partial charge in [-0.3, -0.25) is 4.79 Å². The Morgan fingerprint density at radius 1 is 1.40 bits per heavy atom. The van der Waals surface area contributed by atoms with E-state index in [2.05, 4.69) is 17.6 Å². The van der Waals surface area contributed by atoms with E-state index in [0.29, 0.717) is 50.7 Å². The van der Waals surface area contributed by atoms with Gasteiger partial charge in [-0.1, -0.05) is 12.1 Å². The van der Waals surface area contributed by atoms with E-state index in [1.807, 2.05) is 27.3 Å². The second-order valence-electron chi connectivity index (χ2n) is 7.11. The number of thiophene rings is 1. The van der Waals surface area contributed by atoms with Crippen molar-refractivity contribution in [1.29, 1.82) is 5.26 Å². The molecule has 30 heavy (non-hydrogen) atoms. The average molecular weight is 423 g/mol. The summed E-state index contributed by atoms with van der Waals surface area (Å²) in [7, 11) is 0. The van der Waals surface area contributed by atoms with Crippen LogP contribution in [0.25, 0.3) is 11.7 Å². The molecule has 1 amide bonds. The number of hydrogen-bond donors (Lipinski definition) is 0. The minimum atomic E-state index is -0.0563. The van der Waals surface area contributed by atoms with Gasteiger partial charge in [-0.25, -0.2) is 0 Å². The Kier molecular flexibility index (Phi) is 6.00. The van der Waals surface area contributed by atoms with Gasteiger partial charge in [0, 0.05) is 30.4 Å². The second-order valence-corrected chi connectivity index (χ2v) is 8.14. The molecule has 1 fully saturated rings. The molecule has 0 aliphatic carbocycles. The van der Waals surface area contributed by atoms with Gasteiger partial charge in [0.2, 0.25) is 17.5 Å². The van der Waals surface area contributed by atoms with Crippen LogP contribution in [0.3, 0.4) is 0 Å². The van der Waals surface area contributed by atoms with Gasteiger partial charge < -0.3 is 18.6 Å². The molecule has 1 aliphatic rings. The van der Waals surface area contributed by atoms with E-state index in [0.717, 1.165) is 4.88 Å². The van der Waals surface area contributed by atoms with E-state index in [4.69, 9.17) is 8.83 Å². The normalized spacial score (nSPS) is 14.4. The highest BCUT2D eigenvalue weighted by Crippen LogP contribution is 2.32. The summed E-state index contributed by atoms with van der Waals surface area (Å²) < 4.78 is 11.2. The van der Waals surface area contributed by atoms with Crippen molar-refractivity contribution in [2.75, 3.05) is 24.5 Å². The van der Waals surface area contributed by atoms with Crippen LogP contribution in [0.2, 0.25) is 0 Å². The Balaban J connectivity index is 1.42. The molecule has 1 aliphatic heterocycles. The molecule has 7 nitrogen and oxygen atoms in total. The number of anilines is 1. The van der Waals surface area contributed by atoms with Crippen LogP contribution in [0.1, 0.15) is 23.4 Å². The predicted molar refractivity (Wildman–Crippen MR) is 114 cm³/mol. The lowest BCUT2D eigenvalue weighted by molar-refractivity contribution is -0.136.